The summed E-state index contributed by atoms with van der Waals surface area (Å²) in [5.41, 5.74) is 0. The van der Waals surface area contributed by atoms with Gasteiger partial charge >= 0.3 is 0 Å². The van der Waals surface area contributed by atoms with Crippen molar-refractivity contribution >= 4 is 11.8 Å². The molecule has 0 aromatic carbocycles. The van der Waals surface area contributed by atoms with Crippen molar-refractivity contribution in [2.45, 2.75) is 64.3 Å². The molecule has 0 bridgehead atoms. The maximum atomic E-state index is 12.1. The van der Waals surface area contributed by atoms with E-state index < -0.39 is 0 Å². The highest BCUT2D eigenvalue weighted by Crippen LogP contribution is 2.17. The molecule has 0 unspecified atom stereocenters. The second kappa shape index (κ2) is 10.6. The van der Waals surface area contributed by atoms with Crippen LogP contribution in [0.3, 0.4) is 0 Å². The van der Waals surface area contributed by atoms with Crippen molar-refractivity contribution in [3.05, 3.63) is 0 Å². The van der Waals surface area contributed by atoms with Crippen LogP contribution in [0.1, 0.15) is 58.3 Å². The van der Waals surface area contributed by atoms with E-state index in [9.17, 15) is 9.59 Å². The molecule has 128 valence electrons. The molecule has 1 aliphatic rings. The molecule has 5 heteroatoms. The van der Waals surface area contributed by atoms with Gasteiger partial charge in [0, 0.05) is 32.5 Å². The highest BCUT2D eigenvalue weighted by atomic mass is 16.2. The van der Waals surface area contributed by atoms with Crippen LogP contribution in [0.5, 0.6) is 0 Å². The van der Waals surface area contributed by atoms with Crippen molar-refractivity contribution in [2.24, 2.45) is 0 Å². The second-order valence-corrected chi connectivity index (χ2v) is 6.67. The van der Waals surface area contributed by atoms with Crippen LogP contribution in [0.2, 0.25) is 0 Å². The quantitative estimate of drug-likeness (QED) is 0.698. The van der Waals surface area contributed by atoms with Crippen LogP contribution < -0.4 is 5.32 Å². The molecule has 0 aromatic rings. The number of hydrogen-bond donors (Lipinski definition) is 1. The number of carbonyl (C=O) groups is 2. The minimum atomic E-state index is 0.0565. The molecule has 1 N–H and O–H groups in total. The van der Waals surface area contributed by atoms with Gasteiger partial charge in [0.1, 0.15) is 0 Å². The molecular formula is C17H33N3O2. The van der Waals surface area contributed by atoms with Gasteiger partial charge in [0.15, 0.2) is 0 Å². The first-order valence-electron chi connectivity index (χ1n) is 8.68. The number of hydrogen-bond acceptors (Lipinski definition) is 3. The first-order chi connectivity index (χ1) is 10.5. The van der Waals surface area contributed by atoms with Crippen LogP contribution in [0.15, 0.2) is 0 Å². The van der Waals surface area contributed by atoms with Gasteiger partial charge in [0.05, 0.1) is 0 Å². The fourth-order valence-electron chi connectivity index (χ4n) is 2.96. The molecule has 1 fully saturated rings. The Balaban J connectivity index is 2.27. The summed E-state index contributed by atoms with van der Waals surface area (Å²) in [4.78, 5) is 27.6. The largest absolute Gasteiger partial charge is 0.353 e. The lowest BCUT2D eigenvalue weighted by atomic mass is 10.1. The highest BCUT2D eigenvalue weighted by molar-refractivity contribution is 5.78. The summed E-state index contributed by atoms with van der Waals surface area (Å²) in [6, 6.07) is 0.342. The fourth-order valence-corrected chi connectivity index (χ4v) is 2.96. The van der Waals surface area contributed by atoms with E-state index in [0.717, 1.165) is 32.4 Å². The van der Waals surface area contributed by atoms with Gasteiger partial charge in [-0.3, -0.25) is 9.59 Å². The Kier molecular flexibility index (Phi) is 9.13. The summed E-state index contributed by atoms with van der Waals surface area (Å²) < 4.78 is 0. The van der Waals surface area contributed by atoms with Gasteiger partial charge in [-0.1, -0.05) is 25.7 Å². The summed E-state index contributed by atoms with van der Waals surface area (Å²) >= 11 is 0. The summed E-state index contributed by atoms with van der Waals surface area (Å²) in [6.45, 7) is 3.79. The van der Waals surface area contributed by atoms with Crippen molar-refractivity contribution in [3.8, 4) is 0 Å². The fraction of sp³-hybridized carbons (Fsp3) is 0.882. The van der Waals surface area contributed by atoms with Gasteiger partial charge in [-0.25, -0.2) is 0 Å². The molecular weight excluding hydrogens is 278 g/mol. The van der Waals surface area contributed by atoms with E-state index in [2.05, 4.69) is 10.2 Å². The zero-order chi connectivity index (χ0) is 16.4. The highest BCUT2D eigenvalue weighted by Gasteiger charge is 2.16. The number of carbonyl (C=O) groups excluding carboxylic acids is 2. The first-order valence-corrected chi connectivity index (χ1v) is 8.68. The summed E-state index contributed by atoms with van der Waals surface area (Å²) in [6.07, 6.45) is 8.57. The topological polar surface area (TPSA) is 52.7 Å². The minimum absolute atomic E-state index is 0.0565. The smallest absolute Gasteiger partial charge is 0.221 e. The molecule has 1 rings (SSSR count). The lowest BCUT2D eigenvalue weighted by Crippen LogP contribution is -2.38. The molecule has 0 saturated heterocycles. The Hall–Kier alpha value is -1.10. The standard InChI is InChI=1S/C17H33N3O2/c1-15(21)20(13-8-12-19(2)3)14-11-17(22)18-16-9-6-4-5-7-10-16/h16H,4-14H2,1-3H3,(H,18,22). The van der Waals surface area contributed by atoms with Gasteiger partial charge in [-0.05, 0) is 39.9 Å². The van der Waals surface area contributed by atoms with Crippen molar-refractivity contribution in [2.75, 3.05) is 33.7 Å². The third-order valence-electron chi connectivity index (χ3n) is 4.31. The predicted molar refractivity (Wildman–Crippen MR) is 89.7 cm³/mol. The molecule has 0 spiro atoms. The lowest BCUT2D eigenvalue weighted by molar-refractivity contribution is -0.129. The van der Waals surface area contributed by atoms with E-state index in [-0.39, 0.29) is 11.8 Å². The molecule has 0 aliphatic heterocycles. The van der Waals surface area contributed by atoms with Gasteiger partial charge in [0.25, 0.3) is 0 Å². The second-order valence-electron chi connectivity index (χ2n) is 6.67. The van der Waals surface area contributed by atoms with E-state index in [1.807, 2.05) is 14.1 Å². The van der Waals surface area contributed by atoms with Gasteiger partial charge < -0.3 is 15.1 Å². The zero-order valence-electron chi connectivity index (χ0n) is 14.6. The maximum absolute atomic E-state index is 12.1. The van der Waals surface area contributed by atoms with Crippen LogP contribution in [0.25, 0.3) is 0 Å². The van der Waals surface area contributed by atoms with E-state index in [1.165, 1.54) is 25.7 Å². The average molecular weight is 311 g/mol. The number of nitrogens with one attached hydrogen (secondary N) is 1. The first kappa shape index (κ1) is 18.9. The number of nitrogens with zero attached hydrogens (tertiary/aromatic N) is 2. The van der Waals surface area contributed by atoms with Gasteiger partial charge in [-0.15, -0.1) is 0 Å². The molecule has 0 aromatic heterocycles. The van der Waals surface area contributed by atoms with E-state index in [4.69, 9.17) is 0 Å². The molecule has 0 radical (unpaired) electrons. The van der Waals surface area contributed by atoms with Gasteiger partial charge in [-0.2, -0.15) is 0 Å². The van der Waals surface area contributed by atoms with Crippen LogP contribution in [-0.2, 0) is 9.59 Å². The van der Waals surface area contributed by atoms with Crippen molar-refractivity contribution in [1.29, 1.82) is 0 Å². The Labute approximate surface area is 135 Å². The van der Waals surface area contributed by atoms with Crippen LogP contribution in [-0.4, -0.2) is 61.4 Å². The summed E-state index contributed by atoms with van der Waals surface area (Å²) in [7, 11) is 4.05. The Morgan fingerprint density at radius 1 is 1.00 bits per heavy atom. The van der Waals surface area contributed by atoms with Crippen LogP contribution in [0, 0.1) is 0 Å². The third-order valence-corrected chi connectivity index (χ3v) is 4.31. The van der Waals surface area contributed by atoms with Crippen LogP contribution >= 0.6 is 0 Å². The van der Waals surface area contributed by atoms with Crippen LogP contribution in [0.4, 0.5) is 0 Å². The monoisotopic (exact) mass is 311 g/mol. The SMILES string of the molecule is CC(=O)N(CCCN(C)C)CCC(=O)NC1CCCCCC1. The summed E-state index contributed by atoms with van der Waals surface area (Å²) in [5.74, 6) is 0.145. The van der Waals surface area contributed by atoms with Crippen molar-refractivity contribution < 1.29 is 9.59 Å². The molecule has 1 aliphatic carbocycles. The van der Waals surface area contributed by atoms with E-state index in [0.29, 0.717) is 19.0 Å². The third kappa shape index (κ3) is 8.37. The summed E-state index contributed by atoms with van der Waals surface area (Å²) in [5, 5.41) is 3.14. The normalized spacial score (nSPS) is 16.4. The Bertz CT molecular complexity index is 337. The average Bonchev–Trinajstić information content (AvgIpc) is 2.70. The molecule has 0 atom stereocenters. The molecule has 22 heavy (non-hydrogen) atoms. The Morgan fingerprint density at radius 2 is 1.64 bits per heavy atom. The predicted octanol–water partition coefficient (Wildman–Crippen LogP) is 2.02. The molecule has 2 amide bonds. The lowest BCUT2D eigenvalue weighted by Gasteiger charge is -2.23. The Morgan fingerprint density at radius 3 is 2.18 bits per heavy atom. The minimum Gasteiger partial charge on any atom is -0.353 e. The van der Waals surface area contributed by atoms with Crippen molar-refractivity contribution in [3.63, 3.8) is 0 Å². The van der Waals surface area contributed by atoms with E-state index in [1.54, 1.807) is 11.8 Å². The van der Waals surface area contributed by atoms with Crippen molar-refractivity contribution in [1.82, 2.24) is 15.1 Å². The molecule has 5 nitrogen and oxygen atoms in total. The van der Waals surface area contributed by atoms with E-state index >= 15 is 0 Å². The molecule has 1 saturated carbocycles. The molecule has 0 heterocycles. The number of amides is 2. The number of rotatable bonds is 8. The maximum Gasteiger partial charge on any atom is 0.221 e. The van der Waals surface area contributed by atoms with Gasteiger partial charge in [0.2, 0.25) is 11.8 Å². The zero-order valence-corrected chi connectivity index (χ0v) is 14.6.